The fraction of sp³-hybridized carbons (Fsp3) is 0.143. The highest BCUT2D eigenvalue weighted by Crippen LogP contribution is 2.42. The number of sulfonamides is 2. The maximum Gasteiger partial charge on any atom is 0.278 e. The molecule has 2 bridgehead atoms. The number of fused-ring (bicyclic) bond motifs is 1. The fourth-order valence-electron chi connectivity index (χ4n) is 3.14. The summed E-state index contributed by atoms with van der Waals surface area (Å²) in [6.45, 7) is -1.49. The predicted octanol–water partition coefficient (Wildman–Crippen LogP) is 2.05. The van der Waals surface area contributed by atoms with Crippen molar-refractivity contribution in [2.75, 3.05) is 13.1 Å². The Hall–Kier alpha value is -2.52. The summed E-state index contributed by atoms with van der Waals surface area (Å²) in [5, 5.41) is -0.0540. The molecule has 186 valence electrons. The molecule has 34 heavy (non-hydrogen) atoms. The van der Waals surface area contributed by atoms with Crippen molar-refractivity contribution in [3.05, 3.63) is 58.2 Å². The zero-order valence-corrected chi connectivity index (χ0v) is 17.1. The molecule has 20 heteroatoms. The van der Waals surface area contributed by atoms with Crippen molar-refractivity contribution in [3.63, 3.8) is 0 Å². The third-order valence-electron chi connectivity index (χ3n) is 4.57. The van der Waals surface area contributed by atoms with Gasteiger partial charge in [0, 0.05) is 0 Å². The predicted molar refractivity (Wildman–Crippen MR) is 83.9 cm³/mol. The van der Waals surface area contributed by atoms with Crippen molar-refractivity contribution >= 4 is 20.0 Å². The molecule has 3 aliphatic rings. The van der Waals surface area contributed by atoms with E-state index in [-0.39, 0.29) is 19.3 Å². The van der Waals surface area contributed by atoms with Gasteiger partial charge < -0.3 is 0 Å². The van der Waals surface area contributed by atoms with Gasteiger partial charge >= 0.3 is 0 Å². The molecule has 3 saturated heterocycles. The lowest BCUT2D eigenvalue weighted by Crippen LogP contribution is -2.73. The highest BCUT2D eigenvalue weighted by Gasteiger charge is 2.63. The number of hydrogen-bond acceptors (Lipinski definition) is 6. The van der Waals surface area contributed by atoms with Gasteiger partial charge in [-0.05, 0) is 9.05 Å². The molecule has 0 amide bonds. The van der Waals surface area contributed by atoms with E-state index in [2.05, 4.69) is 0 Å². The molecule has 0 radical (unpaired) electrons. The van der Waals surface area contributed by atoms with Crippen LogP contribution in [0.25, 0.3) is 0 Å². The molecule has 0 saturated carbocycles. The van der Waals surface area contributed by atoms with Crippen molar-refractivity contribution in [3.8, 4) is 0 Å². The van der Waals surface area contributed by atoms with E-state index in [1.165, 1.54) is 0 Å². The molecule has 8 nitrogen and oxygen atoms in total. The normalized spacial score (nSPS) is 21.2. The molecule has 2 aromatic rings. The van der Waals surface area contributed by atoms with Crippen molar-refractivity contribution in [2.24, 2.45) is 0 Å². The molecule has 2 aromatic carbocycles. The summed E-state index contributed by atoms with van der Waals surface area (Å²) < 4.78 is 186. The first-order valence-electron chi connectivity index (χ1n) is 8.26. The lowest BCUT2D eigenvalue weighted by atomic mass is 10.3. The molecule has 0 spiro atoms. The number of hydrazine groups is 4. The van der Waals surface area contributed by atoms with E-state index in [9.17, 15) is 60.7 Å². The highest BCUT2D eigenvalue weighted by atomic mass is 32.2. The Labute approximate surface area is 181 Å². The van der Waals surface area contributed by atoms with Crippen LogP contribution in [0.4, 0.5) is 43.9 Å². The zero-order valence-electron chi connectivity index (χ0n) is 15.4. The van der Waals surface area contributed by atoms with E-state index in [0.29, 0.717) is 0 Å². The summed E-state index contributed by atoms with van der Waals surface area (Å²) in [7, 11) is -11.6. The second kappa shape index (κ2) is 7.49. The van der Waals surface area contributed by atoms with Crippen molar-refractivity contribution in [2.45, 2.75) is 9.79 Å². The quantitative estimate of drug-likeness (QED) is 0.332. The van der Waals surface area contributed by atoms with Crippen LogP contribution < -0.4 is 0 Å². The van der Waals surface area contributed by atoms with Crippen LogP contribution in [0.3, 0.4) is 0 Å². The molecule has 3 aliphatic heterocycles. The number of benzene rings is 2. The van der Waals surface area contributed by atoms with Gasteiger partial charge in [-0.3, -0.25) is 0 Å². The number of halogens is 10. The first-order valence-corrected chi connectivity index (χ1v) is 11.1. The van der Waals surface area contributed by atoms with Gasteiger partial charge in [0.05, 0.1) is 13.1 Å². The second-order valence-corrected chi connectivity index (χ2v) is 9.82. The van der Waals surface area contributed by atoms with Crippen LogP contribution in [0.5, 0.6) is 0 Å². The standard InChI is InChI=1S/C14H4F10N4O4S2/c15-3-5(17)9(21)13(10(22)6(3)18)33(29,30)27-25-1-2-26(27)28(25)34(31,32)14-11(23)7(19)4(16)8(20)12(14)24/h1-2H2. The number of nitrogens with zero attached hydrogens (tertiary/aromatic N) is 4. The summed E-state index contributed by atoms with van der Waals surface area (Å²) in [6.07, 6.45) is 0. The average molecular weight is 546 g/mol. The molecule has 0 unspecified atom stereocenters. The first kappa shape index (κ1) is 24.6. The van der Waals surface area contributed by atoms with E-state index < -0.39 is 101 Å². The molecule has 3 fully saturated rings. The third kappa shape index (κ3) is 2.92. The molecule has 3 heterocycles. The lowest BCUT2D eigenvalue weighted by Gasteiger charge is -2.49. The van der Waals surface area contributed by atoms with Gasteiger partial charge in [-0.1, -0.05) is 0 Å². The first-order chi connectivity index (χ1) is 15.6. The summed E-state index contributed by atoms with van der Waals surface area (Å²) in [5.41, 5.74) is 0. The Kier molecular flexibility index (Phi) is 5.42. The number of rotatable bonds is 4. The minimum Gasteiger partial charge on any atom is -0.204 e. The Bertz CT molecular complexity index is 1310. The van der Waals surface area contributed by atoms with Crippen LogP contribution >= 0.6 is 0 Å². The minimum absolute atomic E-state index is 0.0270. The average Bonchev–Trinajstić information content (AvgIpc) is 3.37. The van der Waals surface area contributed by atoms with Crippen molar-refractivity contribution in [1.82, 2.24) is 19.3 Å². The van der Waals surface area contributed by atoms with Crippen LogP contribution in [0, 0.1) is 58.2 Å². The maximum absolute atomic E-state index is 14.0. The fourth-order valence-corrected chi connectivity index (χ4v) is 6.42. The Morgan fingerprint density at radius 1 is 0.412 bits per heavy atom. The third-order valence-corrected chi connectivity index (χ3v) is 7.94. The van der Waals surface area contributed by atoms with Crippen molar-refractivity contribution in [1.29, 1.82) is 0 Å². The van der Waals surface area contributed by atoms with Gasteiger partial charge in [-0.25, -0.2) is 60.7 Å². The van der Waals surface area contributed by atoms with Gasteiger partial charge in [0.15, 0.2) is 56.3 Å². The van der Waals surface area contributed by atoms with E-state index in [1.54, 1.807) is 0 Å². The van der Waals surface area contributed by atoms with Crippen LogP contribution in [0.1, 0.15) is 0 Å². The van der Waals surface area contributed by atoms with Crippen molar-refractivity contribution < 1.29 is 60.7 Å². The Balaban J connectivity index is 1.81. The van der Waals surface area contributed by atoms with E-state index in [4.69, 9.17) is 0 Å². The molecular formula is C14H4F10N4O4S2. The van der Waals surface area contributed by atoms with Crippen LogP contribution in [-0.4, -0.2) is 49.2 Å². The van der Waals surface area contributed by atoms with Gasteiger partial charge in [-0.15, -0.1) is 10.2 Å². The smallest absolute Gasteiger partial charge is 0.204 e. The van der Waals surface area contributed by atoms with Gasteiger partial charge in [-0.2, -0.15) is 0 Å². The zero-order chi connectivity index (χ0) is 25.7. The summed E-state index contributed by atoms with van der Waals surface area (Å²) >= 11 is 0. The van der Waals surface area contributed by atoms with Crippen LogP contribution in [0.2, 0.25) is 0 Å². The maximum atomic E-state index is 14.0. The monoisotopic (exact) mass is 546 g/mol. The lowest BCUT2D eigenvalue weighted by molar-refractivity contribution is -0.359. The van der Waals surface area contributed by atoms with Gasteiger partial charge in [0.25, 0.3) is 20.0 Å². The Morgan fingerprint density at radius 2 is 0.618 bits per heavy atom. The summed E-state index contributed by atoms with van der Waals surface area (Å²) in [6, 6.07) is 0. The highest BCUT2D eigenvalue weighted by molar-refractivity contribution is 7.90. The van der Waals surface area contributed by atoms with Crippen LogP contribution in [-0.2, 0) is 20.0 Å². The SMILES string of the molecule is O=S(=O)(c1c(F)c(F)c(F)c(F)c1F)N1N2CCN1N2S(=O)(=O)c1c(F)c(F)c(F)c(F)c1F. The summed E-state index contributed by atoms with van der Waals surface area (Å²) in [5.74, 6) is -27.2. The molecular weight excluding hydrogens is 542 g/mol. The summed E-state index contributed by atoms with van der Waals surface area (Å²) in [4.78, 5) is -4.79. The largest absolute Gasteiger partial charge is 0.278 e. The second-order valence-electron chi connectivity index (χ2n) is 6.45. The number of hydrogen-bond donors (Lipinski definition) is 0. The van der Waals surface area contributed by atoms with Crippen LogP contribution in [0.15, 0.2) is 9.79 Å². The van der Waals surface area contributed by atoms with E-state index in [1.807, 2.05) is 0 Å². The topological polar surface area (TPSA) is 81.2 Å². The van der Waals surface area contributed by atoms with Gasteiger partial charge in [0.1, 0.15) is 0 Å². The van der Waals surface area contributed by atoms with Gasteiger partial charge in [0.2, 0.25) is 11.6 Å². The van der Waals surface area contributed by atoms with E-state index in [0.717, 1.165) is 0 Å². The molecule has 0 atom stereocenters. The molecule has 0 aromatic heterocycles. The Morgan fingerprint density at radius 3 is 0.853 bits per heavy atom. The molecule has 5 rings (SSSR count). The van der Waals surface area contributed by atoms with E-state index >= 15 is 0 Å². The molecule has 0 aliphatic carbocycles. The minimum atomic E-state index is -5.79. The molecule has 0 N–H and O–H groups in total.